The molecule has 0 amide bonds. The fourth-order valence-electron chi connectivity index (χ4n) is 1.18. The molecule has 0 aliphatic rings. The topological polar surface area (TPSA) is 46.2 Å². The average molecular weight is 201 g/mol. The summed E-state index contributed by atoms with van der Waals surface area (Å²) in [6.45, 7) is 2.90. The molecule has 0 saturated heterocycles. The molecule has 0 bridgehead atoms. The van der Waals surface area contributed by atoms with Crippen LogP contribution in [0.3, 0.4) is 0 Å². The molecule has 1 aromatic carbocycles. The van der Waals surface area contributed by atoms with Crippen molar-refractivity contribution in [3.8, 4) is 0 Å². The van der Waals surface area contributed by atoms with Crippen LogP contribution >= 0.6 is 0 Å². The molecule has 0 aliphatic heterocycles. The minimum Gasteiger partial charge on any atom is -0.391 e. The van der Waals surface area contributed by atoms with E-state index in [9.17, 15) is 8.78 Å². The largest absolute Gasteiger partial charge is 0.391 e. The number of nitrogens with two attached hydrogens (primary N) is 1. The Morgan fingerprint density at radius 1 is 1.29 bits per heavy atom. The van der Waals surface area contributed by atoms with E-state index in [1.807, 2.05) is 0 Å². The molecular weight excluding hydrogens is 188 g/mol. The molecule has 3 N–H and O–H groups in total. The number of hydrogen-bond donors (Lipinski definition) is 2. The van der Waals surface area contributed by atoms with Gasteiger partial charge in [0.2, 0.25) is 0 Å². The van der Waals surface area contributed by atoms with Gasteiger partial charge < -0.3 is 10.8 Å². The first-order valence-corrected chi connectivity index (χ1v) is 4.33. The van der Waals surface area contributed by atoms with E-state index in [4.69, 9.17) is 10.8 Å². The second kappa shape index (κ2) is 4.02. The molecule has 0 fully saturated rings. The van der Waals surface area contributed by atoms with Crippen LogP contribution in [0.15, 0.2) is 12.1 Å². The van der Waals surface area contributed by atoms with Gasteiger partial charge in [0.1, 0.15) is 0 Å². The van der Waals surface area contributed by atoms with Gasteiger partial charge in [-0.1, -0.05) is 12.1 Å². The smallest absolute Gasteiger partial charge is 0.163 e. The zero-order chi connectivity index (χ0) is 10.9. The van der Waals surface area contributed by atoms with Crippen LogP contribution in [-0.2, 0) is 0 Å². The van der Waals surface area contributed by atoms with Crippen molar-refractivity contribution in [2.45, 2.75) is 26.0 Å². The zero-order valence-electron chi connectivity index (χ0n) is 8.09. The van der Waals surface area contributed by atoms with E-state index in [-0.39, 0.29) is 11.1 Å². The number of rotatable bonds is 2. The second-order valence-corrected chi connectivity index (χ2v) is 3.37. The van der Waals surface area contributed by atoms with E-state index in [0.717, 1.165) is 0 Å². The summed E-state index contributed by atoms with van der Waals surface area (Å²) in [4.78, 5) is 0. The summed E-state index contributed by atoms with van der Waals surface area (Å²) in [5.41, 5.74) is 5.73. The highest BCUT2D eigenvalue weighted by molar-refractivity contribution is 5.28. The number of aliphatic hydroxyl groups is 1. The van der Waals surface area contributed by atoms with Crippen molar-refractivity contribution in [1.82, 2.24) is 0 Å². The van der Waals surface area contributed by atoms with E-state index < -0.39 is 23.8 Å². The lowest BCUT2D eigenvalue weighted by Gasteiger charge is -2.16. The molecule has 0 aromatic heterocycles. The highest BCUT2D eigenvalue weighted by atomic mass is 19.2. The lowest BCUT2D eigenvalue weighted by Crippen LogP contribution is -2.24. The van der Waals surface area contributed by atoms with E-state index in [1.165, 1.54) is 26.0 Å². The van der Waals surface area contributed by atoms with Crippen molar-refractivity contribution in [2.24, 2.45) is 5.73 Å². The van der Waals surface area contributed by atoms with Crippen molar-refractivity contribution < 1.29 is 13.9 Å². The van der Waals surface area contributed by atoms with Gasteiger partial charge in [-0.2, -0.15) is 0 Å². The summed E-state index contributed by atoms with van der Waals surface area (Å²) < 4.78 is 26.4. The van der Waals surface area contributed by atoms with Crippen molar-refractivity contribution in [3.05, 3.63) is 34.9 Å². The first-order valence-electron chi connectivity index (χ1n) is 4.33. The predicted molar refractivity (Wildman–Crippen MR) is 49.7 cm³/mol. The van der Waals surface area contributed by atoms with E-state index in [1.54, 1.807) is 0 Å². The molecule has 0 unspecified atom stereocenters. The number of halogens is 2. The maximum Gasteiger partial charge on any atom is 0.163 e. The van der Waals surface area contributed by atoms with Gasteiger partial charge in [0.25, 0.3) is 0 Å². The molecule has 0 radical (unpaired) electrons. The standard InChI is InChI=1S/C10H13F2NO/c1-5-3-4-7(9(12)8(5)11)10(13)6(2)14/h3-4,6,10,14H,13H2,1-2H3/t6-,10-/m0/s1. The number of aryl methyl sites for hydroxylation is 1. The van der Waals surface area contributed by atoms with Gasteiger partial charge >= 0.3 is 0 Å². The third-order valence-electron chi connectivity index (χ3n) is 2.18. The van der Waals surface area contributed by atoms with E-state index >= 15 is 0 Å². The van der Waals surface area contributed by atoms with Crippen LogP contribution in [-0.4, -0.2) is 11.2 Å². The molecule has 2 nitrogen and oxygen atoms in total. The molecule has 2 atom stereocenters. The molecule has 0 aliphatic carbocycles. The van der Waals surface area contributed by atoms with Gasteiger partial charge in [-0.3, -0.25) is 0 Å². The predicted octanol–water partition coefficient (Wildman–Crippen LogP) is 1.65. The quantitative estimate of drug-likeness (QED) is 0.764. The minimum atomic E-state index is -0.974. The normalized spacial score (nSPS) is 15.3. The Labute approximate surface area is 81.4 Å². The zero-order valence-corrected chi connectivity index (χ0v) is 8.09. The van der Waals surface area contributed by atoms with Gasteiger partial charge in [-0.15, -0.1) is 0 Å². The SMILES string of the molecule is Cc1ccc([C@@H](N)[C@H](C)O)c(F)c1F. The highest BCUT2D eigenvalue weighted by Gasteiger charge is 2.19. The van der Waals surface area contributed by atoms with Gasteiger partial charge in [-0.25, -0.2) is 8.78 Å². The van der Waals surface area contributed by atoms with Gasteiger partial charge in [0.05, 0.1) is 12.1 Å². The Morgan fingerprint density at radius 2 is 1.86 bits per heavy atom. The van der Waals surface area contributed by atoms with Crippen LogP contribution < -0.4 is 5.73 Å². The Morgan fingerprint density at radius 3 is 2.36 bits per heavy atom. The van der Waals surface area contributed by atoms with Crippen LogP contribution in [0.25, 0.3) is 0 Å². The van der Waals surface area contributed by atoms with Crippen LogP contribution in [0.4, 0.5) is 8.78 Å². The summed E-state index contributed by atoms with van der Waals surface area (Å²) >= 11 is 0. The summed E-state index contributed by atoms with van der Waals surface area (Å²) in [6, 6.07) is 1.94. The molecule has 1 aromatic rings. The molecule has 0 spiro atoms. The van der Waals surface area contributed by atoms with Crippen molar-refractivity contribution in [2.75, 3.05) is 0 Å². The average Bonchev–Trinajstić information content (AvgIpc) is 2.13. The van der Waals surface area contributed by atoms with Crippen molar-refractivity contribution in [3.63, 3.8) is 0 Å². The Balaban J connectivity index is 3.17. The first kappa shape index (κ1) is 11.1. The lowest BCUT2D eigenvalue weighted by atomic mass is 10.0. The first-order chi connectivity index (χ1) is 6.45. The van der Waals surface area contributed by atoms with E-state index in [0.29, 0.717) is 0 Å². The second-order valence-electron chi connectivity index (χ2n) is 3.37. The van der Waals surface area contributed by atoms with Gasteiger partial charge in [0, 0.05) is 5.56 Å². The molecular formula is C10H13F2NO. The number of hydrogen-bond acceptors (Lipinski definition) is 2. The summed E-state index contributed by atoms with van der Waals surface area (Å²) in [5, 5.41) is 9.14. The Bertz CT molecular complexity index is 339. The molecule has 1 rings (SSSR count). The van der Waals surface area contributed by atoms with Gasteiger partial charge in [0.15, 0.2) is 11.6 Å². The van der Waals surface area contributed by atoms with Crippen LogP contribution in [0.1, 0.15) is 24.1 Å². The number of aliphatic hydroxyl groups excluding tert-OH is 1. The summed E-state index contributed by atoms with van der Waals surface area (Å²) in [6.07, 6.45) is -0.911. The monoisotopic (exact) mass is 201 g/mol. The maximum absolute atomic E-state index is 13.3. The molecule has 4 heteroatoms. The molecule has 0 saturated carbocycles. The third kappa shape index (κ3) is 1.91. The fourth-order valence-corrected chi connectivity index (χ4v) is 1.18. The van der Waals surface area contributed by atoms with Gasteiger partial charge in [-0.05, 0) is 19.4 Å². The van der Waals surface area contributed by atoms with Crippen LogP contribution in [0.5, 0.6) is 0 Å². The molecule has 78 valence electrons. The highest BCUT2D eigenvalue weighted by Crippen LogP contribution is 2.22. The Hall–Kier alpha value is -1.00. The minimum absolute atomic E-state index is 0.00287. The van der Waals surface area contributed by atoms with Crippen molar-refractivity contribution >= 4 is 0 Å². The fraction of sp³-hybridized carbons (Fsp3) is 0.400. The van der Waals surface area contributed by atoms with E-state index in [2.05, 4.69) is 0 Å². The maximum atomic E-state index is 13.3. The summed E-state index contributed by atoms with van der Waals surface area (Å²) in [7, 11) is 0. The van der Waals surface area contributed by atoms with Crippen LogP contribution in [0, 0.1) is 18.6 Å². The van der Waals surface area contributed by atoms with Crippen LogP contribution in [0.2, 0.25) is 0 Å². The third-order valence-corrected chi connectivity index (χ3v) is 2.18. The molecule has 0 heterocycles. The molecule has 14 heavy (non-hydrogen) atoms. The lowest BCUT2D eigenvalue weighted by molar-refractivity contribution is 0.162. The Kier molecular flexibility index (Phi) is 3.18. The number of benzene rings is 1. The summed E-state index contributed by atoms with van der Waals surface area (Å²) in [5.74, 6) is -1.88. The van der Waals surface area contributed by atoms with Crippen molar-refractivity contribution in [1.29, 1.82) is 0 Å².